The molecular formula is C23H25N3OS. The Morgan fingerprint density at radius 3 is 3.00 bits per heavy atom. The number of methoxy groups -OCH3 is 1. The molecule has 0 radical (unpaired) electrons. The zero-order valence-electron chi connectivity index (χ0n) is 16.1. The van der Waals surface area contributed by atoms with Gasteiger partial charge in [0, 0.05) is 35.6 Å². The molecule has 1 unspecified atom stereocenters. The van der Waals surface area contributed by atoms with Gasteiger partial charge in [-0.05, 0) is 48.2 Å². The number of aliphatic imine (C=N–C) groups is 1. The van der Waals surface area contributed by atoms with Crippen molar-refractivity contribution in [3.8, 4) is 5.75 Å². The molecule has 2 aromatic rings. The molecule has 0 spiro atoms. The summed E-state index contributed by atoms with van der Waals surface area (Å²) in [5, 5.41) is 0. The van der Waals surface area contributed by atoms with Gasteiger partial charge in [0.15, 0.2) is 0 Å². The van der Waals surface area contributed by atoms with Crippen molar-refractivity contribution < 1.29 is 4.74 Å². The summed E-state index contributed by atoms with van der Waals surface area (Å²) in [5.41, 5.74) is 2.74. The van der Waals surface area contributed by atoms with Gasteiger partial charge in [-0.15, -0.1) is 0 Å². The van der Waals surface area contributed by atoms with Crippen molar-refractivity contribution in [1.29, 1.82) is 0 Å². The van der Waals surface area contributed by atoms with E-state index in [4.69, 9.17) is 9.73 Å². The Morgan fingerprint density at radius 1 is 1.14 bits per heavy atom. The average molecular weight is 392 g/mol. The first-order valence-electron chi connectivity index (χ1n) is 9.94. The second kappa shape index (κ2) is 7.64. The van der Waals surface area contributed by atoms with Gasteiger partial charge in [0.1, 0.15) is 11.8 Å². The molecule has 5 heteroatoms. The van der Waals surface area contributed by atoms with Crippen LogP contribution in [-0.4, -0.2) is 49.4 Å². The molecule has 1 fully saturated rings. The lowest BCUT2D eigenvalue weighted by molar-refractivity contribution is 0.312. The summed E-state index contributed by atoms with van der Waals surface area (Å²) >= 11 is 1.86. The van der Waals surface area contributed by atoms with Crippen LogP contribution < -0.4 is 4.74 Å². The first-order valence-corrected chi connectivity index (χ1v) is 10.8. The predicted molar refractivity (Wildman–Crippen MR) is 115 cm³/mol. The van der Waals surface area contributed by atoms with Crippen LogP contribution in [0.4, 0.5) is 0 Å². The zero-order chi connectivity index (χ0) is 18.9. The van der Waals surface area contributed by atoms with E-state index in [1.165, 1.54) is 27.3 Å². The van der Waals surface area contributed by atoms with Crippen LogP contribution in [0.1, 0.15) is 29.5 Å². The second-order valence-electron chi connectivity index (χ2n) is 7.64. The van der Waals surface area contributed by atoms with Gasteiger partial charge < -0.3 is 14.5 Å². The number of hydrogen-bond donors (Lipinski definition) is 0. The van der Waals surface area contributed by atoms with Crippen molar-refractivity contribution in [1.82, 2.24) is 9.80 Å². The number of thioether (sulfide) groups is 1. The average Bonchev–Trinajstić information content (AvgIpc) is 3.36. The quantitative estimate of drug-likeness (QED) is 0.749. The van der Waals surface area contributed by atoms with Crippen molar-refractivity contribution in [2.45, 2.75) is 23.3 Å². The lowest BCUT2D eigenvalue weighted by atomic mass is 9.98. The second-order valence-corrected chi connectivity index (χ2v) is 8.75. The molecule has 28 heavy (non-hydrogen) atoms. The minimum atomic E-state index is 0.210. The van der Waals surface area contributed by atoms with Crippen LogP contribution in [0.5, 0.6) is 5.75 Å². The first kappa shape index (κ1) is 17.8. The van der Waals surface area contributed by atoms with Gasteiger partial charge in [-0.25, -0.2) is 0 Å². The topological polar surface area (TPSA) is 28.1 Å². The summed E-state index contributed by atoms with van der Waals surface area (Å²) in [6.07, 6.45) is 5.53. The largest absolute Gasteiger partial charge is 0.497 e. The highest BCUT2D eigenvalue weighted by Gasteiger charge is 2.30. The standard InChI is InChI=1S/C23H25N3OS/c1-27-19-6-4-5-17(13-19)18-9-10-25(14-18)11-12-26-15-22-23(24-16-26)20-7-2-3-8-21(20)28-22/h2-8,13,15-16,18,23H,9-12,14H2,1H3/t18?,23-/m1/s1. The maximum absolute atomic E-state index is 5.38. The Hall–Kier alpha value is -2.24. The Morgan fingerprint density at radius 2 is 2.07 bits per heavy atom. The highest BCUT2D eigenvalue weighted by Crippen LogP contribution is 2.49. The predicted octanol–water partition coefficient (Wildman–Crippen LogP) is 4.52. The fourth-order valence-corrected chi connectivity index (χ4v) is 5.50. The first-order chi connectivity index (χ1) is 13.8. The molecule has 0 aromatic heterocycles. The molecule has 0 aliphatic carbocycles. The van der Waals surface area contributed by atoms with E-state index in [0.717, 1.165) is 31.9 Å². The smallest absolute Gasteiger partial charge is 0.119 e. The van der Waals surface area contributed by atoms with E-state index in [0.29, 0.717) is 5.92 Å². The van der Waals surface area contributed by atoms with E-state index in [9.17, 15) is 0 Å². The molecule has 3 aliphatic heterocycles. The Balaban J connectivity index is 1.17. The lowest BCUT2D eigenvalue weighted by Crippen LogP contribution is -2.32. The van der Waals surface area contributed by atoms with Crippen molar-refractivity contribution in [3.05, 3.63) is 70.8 Å². The number of ether oxygens (including phenoxy) is 1. The van der Waals surface area contributed by atoms with Gasteiger partial charge in [0.25, 0.3) is 0 Å². The molecule has 3 heterocycles. The van der Waals surface area contributed by atoms with Gasteiger partial charge in [-0.2, -0.15) is 0 Å². The molecule has 0 saturated carbocycles. The molecule has 0 amide bonds. The Labute approximate surface area is 170 Å². The molecule has 2 atom stereocenters. The molecule has 2 aromatic carbocycles. The molecule has 0 bridgehead atoms. The van der Waals surface area contributed by atoms with E-state index < -0.39 is 0 Å². The van der Waals surface area contributed by atoms with Crippen molar-refractivity contribution in [3.63, 3.8) is 0 Å². The maximum Gasteiger partial charge on any atom is 0.119 e. The summed E-state index contributed by atoms with van der Waals surface area (Å²) in [6.45, 7) is 4.34. The number of fused-ring (bicyclic) bond motifs is 3. The van der Waals surface area contributed by atoms with Gasteiger partial charge in [-0.1, -0.05) is 42.1 Å². The summed E-state index contributed by atoms with van der Waals surface area (Å²) in [7, 11) is 1.74. The fraction of sp³-hybridized carbons (Fsp3) is 0.348. The highest BCUT2D eigenvalue weighted by molar-refractivity contribution is 8.03. The van der Waals surface area contributed by atoms with Gasteiger partial charge in [0.05, 0.1) is 13.4 Å². The minimum absolute atomic E-state index is 0.210. The zero-order valence-corrected chi connectivity index (χ0v) is 16.9. The number of likely N-dealkylation sites (tertiary alicyclic amines) is 1. The molecule has 5 rings (SSSR count). The van der Waals surface area contributed by atoms with Crippen LogP contribution in [0.2, 0.25) is 0 Å². The third-order valence-electron chi connectivity index (χ3n) is 5.88. The molecular weight excluding hydrogens is 366 g/mol. The Kier molecular flexibility index (Phi) is 4.87. The molecule has 1 saturated heterocycles. The van der Waals surface area contributed by atoms with Crippen molar-refractivity contribution in [2.24, 2.45) is 4.99 Å². The van der Waals surface area contributed by atoms with Crippen LogP contribution in [-0.2, 0) is 0 Å². The number of hydrogen-bond acceptors (Lipinski definition) is 5. The van der Waals surface area contributed by atoms with E-state index in [1.807, 2.05) is 24.2 Å². The van der Waals surface area contributed by atoms with Crippen LogP contribution >= 0.6 is 11.8 Å². The number of rotatable bonds is 5. The lowest BCUT2D eigenvalue weighted by Gasteiger charge is -2.25. The number of benzene rings is 2. The molecule has 3 aliphatic rings. The third kappa shape index (κ3) is 3.45. The minimum Gasteiger partial charge on any atom is -0.497 e. The van der Waals surface area contributed by atoms with Crippen LogP contribution in [0.3, 0.4) is 0 Å². The van der Waals surface area contributed by atoms with E-state index in [-0.39, 0.29) is 6.04 Å². The van der Waals surface area contributed by atoms with E-state index >= 15 is 0 Å². The van der Waals surface area contributed by atoms with Gasteiger partial charge in [0.2, 0.25) is 0 Å². The van der Waals surface area contributed by atoms with E-state index in [1.54, 1.807) is 7.11 Å². The van der Waals surface area contributed by atoms with Gasteiger partial charge in [-0.3, -0.25) is 4.99 Å². The monoisotopic (exact) mass is 391 g/mol. The normalized spacial score (nSPS) is 23.5. The number of nitrogens with zero attached hydrogens (tertiary/aromatic N) is 3. The van der Waals surface area contributed by atoms with Crippen LogP contribution in [0.15, 0.2) is 69.5 Å². The van der Waals surface area contributed by atoms with Crippen molar-refractivity contribution in [2.75, 3.05) is 33.3 Å². The SMILES string of the molecule is COc1cccc(C2CCN(CCN3C=N[C@H]4C(=C3)Sc3ccccc34)C2)c1. The van der Waals surface area contributed by atoms with Crippen LogP contribution in [0, 0.1) is 0 Å². The third-order valence-corrected chi connectivity index (χ3v) is 7.04. The summed E-state index contributed by atoms with van der Waals surface area (Å²) in [6, 6.07) is 17.4. The van der Waals surface area contributed by atoms with Crippen molar-refractivity contribution >= 4 is 18.1 Å². The molecule has 0 N–H and O–H groups in total. The van der Waals surface area contributed by atoms with Crippen LogP contribution in [0.25, 0.3) is 0 Å². The van der Waals surface area contributed by atoms with Gasteiger partial charge >= 0.3 is 0 Å². The molecule has 144 valence electrons. The van der Waals surface area contributed by atoms with E-state index in [2.05, 4.69) is 58.5 Å². The maximum atomic E-state index is 5.38. The summed E-state index contributed by atoms with van der Waals surface area (Å²) < 4.78 is 5.38. The summed E-state index contributed by atoms with van der Waals surface area (Å²) in [5.74, 6) is 1.56. The fourth-order valence-electron chi connectivity index (χ4n) is 4.32. The summed E-state index contributed by atoms with van der Waals surface area (Å²) in [4.78, 5) is 12.3. The molecule has 4 nitrogen and oxygen atoms in total. The highest BCUT2D eigenvalue weighted by atomic mass is 32.2. The Bertz CT molecular complexity index is 926.